The third kappa shape index (κ3) is 8.52. The lowest BCUT2D eigenvalue weighted by Gasteiger charge is -2.47. The fourth-order valence-corrected chi connectivity index (χ4v) is 9.80. The maximum atomic E-state index is 13.8. The Kier molecular flexibility index (Phi) is 10.3. The minimum Gasteiger partial charge on any atom is -0.447 e. The van der Waals surface area contributed by atoms with Crippen molar-refractivity contribution in [2.45, 2.75) is 114 Å². The molecule has 0 radical (unpaired) electrons. The normalized spacial score (nSPS) is 21.9. The molecule has 4 atom stereocenters. The first-order valence-electron chi connectivity index (χ1n) is 16.4. The minimum atomic E-state index is -3.98. The second-order valence-electron chi connectivity index (χ2n) is 14.2. The molecule has 2 aliphatic carbocycles. The molecule has 1 heterocycles. The van der Waals surface area contributed by atoms with Gasteiger partial charge in [0.15, 0.2) is 0 Å². The van der Waals surface area contributed by atoms with Crippen molar-refractivity contribution >= 4 is 39.2 Å². The number of sulfonamides is 1. The topological polar surface area (TPSA) is 139 Å². The van der Waals surface area contributed by atoms with Crippen LogP contribution < -0.4 is 20.7 Å². The van der Waals surface area contributed by atoms with Crippen LogP contribution in [0.4, 0.5) is 15.3 Å². The zero-order valence-electron chi connectivity index (χ0n) is 28.1. The van der Waals surface area contributed by atoms with E-state index in [2.05, 4.69) is 20.7 Å². The second-order valence-corrected chi connectivity index (χ2v) is 16.9. The van der Waals surface area contributed by atoms with Gasteiger partial charge in [0, 0.05) is 34.4 Å². The summed E-state index contributed by atoms with van der Waals surface area (Å²) in [5.74, 6) is 0.331. The van der Waals surface area contributed by atoms with Gasteiger partial charge >= 0.3 is 12.1 Å². The number of ether oxygens (including phenoxy) is 1. The average Bonchev–Trinajstić information content (AvgIpc) is 3.49. The molecule has 2 aliphatic rings. The number of anilines is 1. The van der Waals surface area contributed by atoms with Crippen LogP contribution in [-0.4, -0.2) is 43.2 Å². The summed E-state index contributed by atoms with van der Waals surface area (Å²) >= 11 is 1.53. The van der Waals surface area contributed by atoms with Gasteiger partial charge in [-0.1, -0.05) is 42.8 Å². The lowest BCUT2D eigenvalue weighted by atomic mass is 9.60. The predicted molar refractivity (Wildman–Crippen MR) is 186 cm³/mol. The minimum absolute atomic E-state index is 0.0715. The molecule has 3 amide bonds. The summed E-state index contributed by atoms with van der Waals surface area (Å²) in [6.07, 6.45) is 6.98. The first-order chi connectivity index (χ1) is 22.1. The Hall–Kier alpha value is -3.48. The Bertz CT molecular complexity index is 1690. The second kappa shape index (κ2) is 13.9. The van der Waals surface area contributed by atoms with Crippen molar-refractivity contribution in [1.82, 2.24) is 20.3 Å². The standard InChI is InChI=1S/C35H47N5O5S2/c1-22(2)45-33(42)39-28-16-18-35(17-10-13-25(28)20-35)31-36-21-29(46-31)27-15-14-26(19-30(27)47(43,44)40-34(4,5)6)38-32(41)37-23(3)24-11-8-7-9-12-24/h7-9,11-12,14-15,19,21-23,25,28,40H,10,13,16-18,20H2,1-6H3,(H,39,42)(H2,37,38,41)/t23-,25?,28?,35?/m1/s1. The van der Waals surface area contributed by atoms with Crippen LogP contribution in [0.1, 0.15) is 96.7 Å². The molecule has 3 aromatic rings. The number of alkyl carbamates (subject to hydrolysis) is 1. The van der Waals surface area contributed by atoms with Gasteiger partial charge in [-0.3, -0.25) is 0 Å². The van der Waals surface area contributed by atoms with Crippen molar-refractivity contribution in [3.63, 3.8) is 0 Å². The Balaban J connectivity index is 1.39. The van der Waals surface area contributed by atoms with Gasteiger partial charge in [-0.15, -0.1) is 11.3 Å². The summed E-state index contributed by atoms with van der Waals surface area (Å²) in [6.45, 7) is 11.0. The Morgan fingerprint density at radius 2 is 1.79 bits per heavy atom. The van der Waals surface area contributed by atoms with E-state index < -0.39 is 21.6 Å². The number of hydrogen-bond donors (Lipinski definition) is 4. The number of urea groups is 1. The van der Waals surface area contributed by atoms with Crippen LogP contribution in [0, 0.1) is 5.92 Å². The molecule has 0 spiro atoms. The molecule has 1 aromatic heterocycles. The van der Waals surface area contributed by atoms with E-state index >= 15 is 0 Å². The largest absolute Gasteiger partial charge is 0.447 e. The third-order valence-corrected chi connectivity index (χ3v) is 11.9. The molecular formula is C35H47N5O5S2. The summed E-state index contributed by atoms with van der Waals surface area (Å²) in [5.41, 5.74) is 1.03. The van der Waals surface area contributed by atoms with Crippen molar-refractivity contribution in [2.75, 3.05) is 5.32 Å². The van der Waals surface area contributed by atoms with Gasteiger partial charge in [-0.05, 0) is 97.3 Å². The average molecular weight is 682 g/mol. The number of benzene rings is 2. The van der Waals surface area contributed by atoms with Crippen molar-refractivity contribution in [3.8, 4) is 10.4 Å². The van der Waals surface area contributed by atoms with E-state index in [0.717, 1.165) is 54.0 Å². The molecule has 12 heteroatoms. The number of nitrogens with zero attached hydrogens (tertiary/aromatic N) is 1. The van der Waals surface area contributed by atoms with Gasteiger partial charge < -0.3 is 20.7 Å². The molecule has 10 nitrogen and oxygen atoms in total. The summed E-state index contributed by atoms with van der Waals surface area (Å²) < 4.78 is 35.7. The molecule has 4 N–H and O–H groups in total. The number of carbonyl (C=O) groups excluding carboxylic acids is 2. The van der Waals surface area contributed by atoms with Crippen molar-refractivity contribution in [1.29, 1.82) is 0 Å². The molecule has 3 unspecified atom stereocenters. The highest BCUT2D eigenvalue weighted by molar-refractivity contribution is 7.89. The lowest BCUT2D eigenvalue weighted by molar-refractivity contribution is 0.0824. The van der Waals surface area contributed by atoms with Crippen LogP contribution in [0.5, 0.6) is 0 Å². The first kappa shape index (κ1) is 34.8. The maximum Gasteiger partial charge on any atom is 0.407 e. The predicted octanol–water partition coefficient (Wildman–Crippen LogP) is 7.49. The first-order valence-corrected chi connectivity index (χ1v) is 18.7. The van der Waals surface area contributed by atoms with Gasteiger partial charge in [0.25, 0.3) is 0 Å². The van der Waals surface area contributed by atoms with Gasteiger partial charge in [0.05, 0.1) is 26.9 Å². The molecule has 0 saturated heterocycles. The van der Waals surface area contributed by atoms with Gasteiger partial charge in [0.2, 0.25) is 10.0 Å². The highest BCUT2D eigenvalue weighted by Gasteiger charge is 2.47. The van der Waals surface area contributed by atoms with Crippen LogP contribution in [0.25, 0.3) is 10.4 Å². The molecule has 0 aliphatic heterocycles. The van der Waals surface area contributed by atoms with E-state index in [0.29, 0.717) is 17.2 Å². The molecular weight excluding hydrogens is 635 g/mol. The molecule has 254 valence electrons. The Morgan fingerprint density at radius 1 is 1.04 bits per heavy atom. The fourth-order valence-electron chi connectivity index (χ4n) is 6.85. The Labute approximate surface area is 282 Å². The number of hydrogen-bond acceptors (Lipinski definition) is 7. The summed E-state index contributed by atoms with van der Waals surface area (Å²) in [4.78, 5) is 31.0. The maximum absolute atomic E-state index is 13.8. The third-order valence-electron chi connectivity index (χ3n) is 8.87. The van der Waals surface area contributed by atoms with Crippen LogP contribution in [0.2, 0.25) is 0 Å². The highest BCUT2D eigenvalue weighted by Crippen LogP contribution is 2.52. The van der Waals surface area contributed by atoms with Gasteiger partial charge in [0.1, 0.15) is 0 Å². The lowest BCUT2D eigenvalue weighted by Crippen LogP contribution is -2.50. The van der Waals surface area contributed by atoms with Crippen molar-refractivity contribution in [3.05, 3.63) is 65.3 Å². The number of amides is 3. The number of aromatic nitrogens is 1. The molecule has 5 rings (SSSR count). The van der Waals surface area contributed by atoms with E-state index in [1.165, 1.54) is 17.4 Å². The molecule has 2 aromatic carbocycles. The number of thiazole rings is 1. The quantitative estimate of drug-likeness (QED) is 0.185. The highest BCUT2D eigenvalue weighted by atomic mass is 32.2. The zero-order valence-corrected chi connectivity index (χ0v) is 29.7. The molecule has 47 heavy (non-hydrogen) atoms. The van der Waals surface area contributed by atoms with E-state index in [1.54, 1.807) is 39.1 Å². The van der Waals surface area contributed by atoms with Gasteiger partial charge in [-0.2, -0.15) is 0 Å². The summed E-state index contributed by atoms with van der Waals surface area (Å²) in [7, 11) is -3.98. The number of rotatable bonds is 9. The Morgan fingerprint density at radius 3 is 2.49 bits per heavy atom. The smallest absolute Gasteiger partial charge is 0.407 e. The van der Waals surface area contributed by atoms with E-state index in [4.69, 9.17) is 9.72 Å². The number of carbonyl (C=O) groups is 2. The van der Waals surface area contributed by atoms with E-state index in [9.17, 15) is 18.0 Å². The summed E-state index contributed by atoms with van der Waals surface area (Å²) in [5, 5.41) is 9.83. The van der Waals surface area contributed by atoms with Crippen LogP contribution in [-0.2, 0) is 20.2 Å². The zero-order chi connectivity index (χ0) is 34.0. The SMILES string of the molecule is CC(C)OC(=O)NC1CCC2(c3ncc(-c4ccc(NC(=O)N[C@H](C)c5ccccc5)cc4S(=O)(=O)NC(C)(C)C)s3)CCCC1C2. The van der Waals surface area contributed by atoms with E-state index in [-0.39, 0.29) is 34.6 Å². The monoisotopic (exact) mass is 681 g/mol. The van der Waals surface area contributed by atoms with Crippen molar-refractivity contribution < 1.29 is 22.7 Å². The van der Waals surface area contributed by atoms with Crippen molar-refractivity contribution in [2.24, 2.45) is 5.92 Å². The van der Waals surface area contributed by atoms with Crippen LogP contribution >= 0.6 is 11.3 Å². The van der Waals surface area contributed by atoms with Crippen LogP contribution in [0.15, 0.2) is 59.6 Å². The number of nitrogens with one attached hydrogen (secondary N) is 4. The van der Waals surface area contributed by atoms with E-state index in [1.807, 2.05) is 51.1 Å². The number of fused-ring (bicyclic) bond motifs is 2. The summed E-state index contributed by atoms with van der Waals surface area (Å²) in [6, 6.07) is 14.0. The van der Waals surface area contributed by atoms with Gasteiger partial charge in [-0.25, -0.2) is 27.7 Å². The molecule has 2 saturated carbocycles. The molecule has 2 bridgehead atoms. The fraction of sp³-hybridized carbons (Fsp3) is 0.514. The molecule has 2 fully saturated rings. The van der Waals surface area contributed by atoms with Crippen LogP contribution in [0.3, 0.4) is 0 Å².